The van der Waals surface area contributed by atoms with E-state index in [4.69, 9.17) is 14.6 Å². The van der Waals surface area contributed by atoms with E-state index < -0.39 is 12.1 Å². The third-order valence-electron chi connectivity index (χ3n) is 4.37. The summed E-state index contributed by atoms with van der Waals surface area (Å²) < 4.78 is 10.8. The van der Waals surface area contributed by atoms with Crippen LogP contribution in [0.5, 0.6) is 11.5 Å². The summed E-state index contributed by atoms with van der Waals surface area (Å²) in [6.07, 6.45) is -0.0289. The van der Waals surface area contributed by atoms with E-state index in [0.717, 1.165) is 12.2 Å². The van der Waals surface area contributed by atoms with E-state index in [2.05, 4.69) is 19.2 Å². The number of benzene rings is 2. The molecular formula is C22H29NO5. The van der Waals surface area contributed by atoms with E-state index >= 15 is 0 Å². The number of aliphatic hydroxyl groups excluding tert-OH is 1. The van der Waals surface area contributed by atoms with Gasteiger partial charge in [-0.2, -0.15) is 0 Å². The number of aliphatic hydroxyl groups is 1. The smallest absolute Gasteiger partial charge is 0.307 e. The molecule has 0 saturated carbocycles. The average Bonchev–Trinajstić information content (AvgIpc) is 2.65. The molecule has 2 aromatic rings. The highest BCUT2D eigenvalue weighted by atomic mass is 16.5. The molecule has 1 atom stereocenters. The van der Waals surface area contributed by atoms with Crippen LogP contribution in [0.2, 0.25) is 0 Å². The Bertz CT molecular complexity index is 758. The van der Waals surface area contributed by atoms with Gasteiger partial charge in [-0.05, 0) is 44.0 Å². The Labute approximate surface area is 166 Å². The minimum Gasteiger partial charge on any atom is -0.497 e. The van der Waals surface area contributed by atoms with Crippen molar-refractivity contribution in [3.8, 4) is 11.5 Å². The molecule has 0 saturated heterocycles. The lowest BCUT2D eigenvalue weighted by molar-refractivity contribution is -0.136. The van der Waals surface area contributed by atoms with Crippen LogP contribution < -0.4 is 14.8 Å². The monoisotopic (exact) mass is 387 g/mol. The summed E-state index contributed by atoms with van der Waals surface area (Å²) in [5, 5.41) is 22.6. The van der Waals surface area contributed by atoms with Gasteiger partial charge in [-0.15, -0.1) is 0 Å². The lowest BCUT2D eigenvalue weighted by atomic mass is 9.94. The first-order valence-electron chi connectivity index (χ1n) is 9.27. The van der Waals surface area contributed by atoms with Gasteiger partial charge in [0.05, 0.1) is 13.5 Å². The molecule has 0 heterocycles. The maximum absolute atomic E-state index is 10.9. The molecule has 0 radical (unpaired) electrons. The third-order valence-corrected chi connectivity index (χ3v) is 4.37. The number of para-hydroxylation sites is 1. The summed E-state index contributed by atoms with van der Waals surface area (Å²) in [5.41, 5.74) is 1.55. The number of rotatable bonds is 11. The summed E-state index contributed by atoms with van der Waals surface area (Å²) in [6.45, 7) is 4.60. The van der Waals surface area contributed by atoms with E-state index in [9.17, 15) is 9.90 Å². The fourth-order valence-corrected chi connectivity index (χ4v) is 2.91. The molecule has 0 bridgehead atoms. The average molecular weight is 387 g/mol. The molecule has 0 aliphatic carbocycles. The van der Waals surface area contributed by atoms with Crippen molar-refractivity contribution >= 4 is 5.97 Å². The second-order valence-corrected chi connectivity index (χ2v) is 7.43. The largest absolute Gasteiger partial charge is 0.497 e. The summed E-state index contributed by atoms with van der Waals surface area (Å²) in [7, 11) is 1.64. The highest BCUT2D eigenvalue weighted by Gasteiger charge is 2.20. The van der Waals surface area contributed by atoms with Gasteiger partial charge < -0.3 is 25.0 Å². The predicted molar refractivity (Wildman–Crippen MR) is 108 cm³/mol. The maximum Gasteiger partial charge on any atom is 0.307 e. The van der Waals surface area contributed by atoms with Crippen molar-refractivity contribution in [3.05, 3.63) is 59.7 Å². The molecule has 1 unspecified atom stereocenters. The predicted octanol–water partition coefficient (Wildman–Crippen LogP) is 2.67. The van der Waals surface area contributed by atoms with E-state index in [1.807, 2.05) is 24.3 Å². The minimum absolute atomic E-state index is 0.0856. The maximum atomic E-state index is 10.9. The van der Waals surface area contributed by atoms with Crippen LogP contribution in [-0.4, -0.2) is 48.1 Å². The van der Waals surface area contributed by atoms with Crippen LogP contribution in [0.3, 0.4) is 0 Å². The zero-order chi connectivity index (χ0) is 20.6. The van der Waals surface area contributed by atoms with E-state index in [0.29, 0.717) is 17.9 Å². The molecule has 3 N–H and O–H groups in total. The Balaban J connectivity index is 1.82. The Kier molecular flexibility index (Phi) is 7.84. The summed E-state index contributed by atoms with van der Waals surface area (Å²) in [6, 6.07) is 14.9. The number of hydrogen-bond acceptors (Lipinski definition) is 5. The molecule has 0 amide bonds. The lowest BCUT2D eigenvalue weighted by Gasteiger charge is -2.28. The minimum atomic E-state index is -0.918. The lowest BCUT2D eigenvalue weighted by Crippen LogP contribution is -2.46. The van der Waals surface area contributed by atoms with E-state index in [-0.39, 0.29) is 18.6 Å². The van der Waals surface area contributed by atoms with Crippen LogP contribution >= 0.6 is 0 Å². The van der Waals surface area contributed by atoms with Gasteiger partial charge in [-0.3, -0.25) is 4.79 Å². The number of methoxy groups -OCH3 is 1. The molecule has 0 spiro atoms. The van der Waals surface area contributed by atoms with Crippen LogP contribution in [0.25, 0.3) is 0 Å². The van der Waals surface area contributed by atoms with Crippen LogP contribution in [-0.2, 0) is 17.6 Å². The molecule has 2 aromatic carbocycles. The first-order chi connectivity index (χ1) is 13.3. The first-order valence-corrected chi connectivity index (χ1v) is 9.27. The van der Waals surface area contributed by atoms with Gasteiger partial charge >= 0.3 is 5.97 Å². The fraction of sp³-hybridized carbons (Fsp3) is 0.409. The van der Waals surface area contributed by atoms with Crippen molar-refractivity contribution in [3.63, 3.8) is 0 Å². The zero-order valence-electron chi connectivity index (χ0n) is 16.6. The Morgan fingerprint density at radius 2 is 1.82 bits per heavy atom. The summed E-state index contributed by atoms with van der Waals surface area (Å²) in [5.74, 6) is 0.394. The van der Waals surface area contributed by atoms with Gasteiger partial charge in [-0.1, -0.05) is 30.3 Å². The molecule has 28 heavy (non-hydrogen) atoms. The van der Waals surface area contributed by atoms with Gasteiger partial charge in [0.15, 0.2) is 0 Å². The van der Waals surface area contributed by atoms with Gasteiger partial charge in [0, 0.05) is 17.6 Å². The van der Waals surface area contributed by atoms with Gasteiger partial charge in [0.2, 0.25) is 0 Å². The van der Waals surface area contributed by atoms with E-state index in [1.165, 1.54) is 5.56 Å². The van der Waals surface area contributed by atoms with Crippen molar-refractivity contribution in [1.29, 1.82) is 0 Å². The standard InChI is InChI=1S/C22H29NO5/c1-22(2,13-16-8-10-19(27-3)11-9-16)23-14-18(24)15-28-20-7-5-4-6-17(20)12-21(25)26/h4-11,18,23-24H,12-15H2,1-3H3,(H,25,26). The highest BCUT2D eigenvalue weighted by molar-refractivity contribution is 5.71. The molecule has 6 nitrogen and oxygen atoms in total. The fourth-order valence-electron chi connectivity index (χ4n) is 2.91. The third kappa shape index (κ3) is 7.21. The number of carboxylic acid groups (broad SMARTS) is 1. The Hall–Kier alpha value is -2.57. The van der Waals surface area contributed by atoms with Crippen LogP contribution in [0, 0.1) is 0 Å². The molecule has 0 aliphatic heterocycles. The Morgan fingerprint density at radius 1 is 1.14 bits per heavy atom. The van der Waals surface area contributed by atoms with Crippen molar-refractivity contribution < 1.29 is 24.5 Å². The summed E-state index contributed by atoms with van der Waals surface area (Å²) in [4.78, 5) is 10.9. The van der Waals surface area contributed by atoms with Crippen molar-refractivity contribution in [2.24, 2.45) is 0 Å². The number of hydrogen-bond donors (Lipinski definition) is 3. The van der Waals surface area contributed by atoms with Crippen LogP contribution in [0.1, 0.15) is 25.0 Å². The second kappa shape index (κ2) is 10.1. The number of aliphatic carboxylic acids is 1. The van der Waals surface area contributed by atoms with Crippen LogP contribution in [0.15, 0.2) is 48.5 Å². The van der Waals surface area contributed by atoms with Gasteiger partial charge in [0.25, 0.3) is 0 Å². The topological polar surface area (TPSA) is 88.0 Å². The molecule has 2 rings (SSSR count). The normalized spacial score (nSPS) is 12.4. The van der Waals surface area contributed by atoms with Crippen molar-refractivity contribution in [2.75, 3.05) is 20.3 Å². The highest BCUT2D eigenvalue weighted by Crippen LogP contribution is 2.19. The first kappa shape index (κ1) is 21.7. The van der Waals surface area contributed by atoms with Gasteiger partial charge in [-0.25, -0.2) is 0 Å². The molecule has 152 valence electrons. The summed E-state index contributed by atoms with van der Waals surface area (Å²) >= 11 is 0. The number of carbonyl (C=O) groups is 1. The quantitative estimate of drug-likeness (QED) is 0.549. The van der Waals surface area contributed by atoms with Crippen molar-refractivity contribution in [2.45, 2.75) is 38.3 Å². The second-order valence-electron chi connectivity index (χ2n) is 7.43. The molecule has 6 heteroatoms. The molecular weight excluding hydrogens is 358 g/mol. The molecule has 0 fully saturated rings. The van der Waals surface area contributed by atoms with E-state index in [1.54, 1.807) is 31.4 Å². The molecule has 0 aromatic heterocycles. The van der Waals surface area contributed by atoms with Crippen molar-refractivity contribution in [1.82, 2.24) is 5.32 Å². The zero-order valence-corrected chi connectivity index (χ0v) is 16.6. The number of nitrogens with one attached hydrogen (secondary N) is 1. The Morgan fingerprint density at radius 3 is 2.46 bits per heavy atom. The number of ether oxygens (including phenoxy) is 2. The number of carboxylic acids is 1. The van der Waals surface area contributed by atoms with Gasteiger partial charge in [0.1, 0.15) is 24.2 Å². The SMILES string of the molecule is COc1ccc(CC(C)(C)NCC(O)COc2ccccc2CC(=O)O)cc1. The van der Waals surface area contributed by atoms with Crippen LogP contribution in [0.4, 0.5) is 0 Å². The number of β-amino-alcohol motifs (C(OH)–C–C–N with tert-alkyl or cyclic N) is 1. The molecule has 0 aliphatic rings.